The van der Waals surface area contributed by atoms with Crippen LogP contribution >= 0.6 is 0 Å². The predicted molar refractivity (Wildman–Crippen MR) is 171 cm³/mol. The van der Waals surface area contributed by atoms with Crippen molar-refractivity contribution in [1.29, 1.82) is 10.5 Å². The van der Waals surface area contributed by atoms with Gasteiger partial charge in [-0.3, -0.25) is 14.8 Å². The van der Waals surface area contributed by atoms with Gasteiger partial charge in [-0.1, -0.05) is 12.1 Å². The second-order valence-electron chi connectivity index (χ2n) is 10.4. The van der Waals surface area contributed by atoms with Crippen molar-refractivity contribution in [2.75, 3.05) is 25.1 Å². The van der Waals surface area contributed by atoms with Gasteiger partial charge in [0.2, 0.25) is 0 Å². The number of piperidine rings is 1. The second kappa shape index (κ2) is 16.4. The van der Waals surface area contributed by atoms with Crippen LogP contribution in [0.4, 0.5) is 10.2 Å². The Hall–Kier alpha value is -6.22. The highest BCUT2D eigenvalue weighted by Gasteiger charge is 2.26. The normalized spacial score (nSPS) is 12.8. The molecule has 5 N–H and O–H groups in total. The average molecular weight is 655 g/mol. The van der Waals surface area contributed by atoms with Crippen LogP contribution in [0, 0.1) is 28.5 Å². The quantitative estimate of drug-likeness (QED) is 0.0728. The Bertz CT molecular complexity index is 1890. The summed E-state index contributed by atoms with van der Waals surface area (Å²) >= 11 is 0. The van der Waals surface area contributed by atoms with Gasteiger partial charge in [0.15, 0.2) is 11.5 Å². The number of methoxy groups -OCH3 is 1. The minimum atomic E-state index is -0.706. The van der Waals surface area contributed by atoms with Gasteiger partial charge in [0.1, 0.15) is 40.9 Å². The molecular formula is C34H31FN6O7. The van der Waals surface area contributed by atoms with E-state index in [1.165, 1.54) is 36.9 Å². The van der Waals surface area contributed by atoms with Gasteiger partial charge in [0.05, 0.1) is 19.2 Å². The number of hydrogen-bond donors (Lipinski definition) is 5. The molecule has 14 heteroatoms. The van der Waals surface area contributed by atoms with Crippen LogP contribution in [-0.2, 0) is 16.1 Å². The molecule has 0 saturated carbocycles. The number of hydrogen-bond acceptors (Lipinski definition) is 11. The molecule has 1 aliphatic heterocycles. The molecule has 48 heavy (non-hydrogen) atoms. The van der Waals surface area contributed by atoms with E-state index < -0.39 is 11.7 Å². The zero-order valence-electron chi connectivity index (χ0n) is 25.7. The number of ether oxygens (including phenoxy) is 1. The molecule has 1 fully saturated rings. The Morgan fingerprint density at radius 2 is 1.88 bits per heavy atom. The summed E-state index contributed by atoms with van der Waals surface area (Å²) in [5.74, 6) is 0.455. The number of benzene rings is 2. The Balaban J connectivity index is 0.00000167. The number of amides is 1. The zero-order valence-corrected chi connectivity index (χ0v) is 25.7. The van der Waals surface area contributed by atoms with Gasteiger partial charge in [0.25, 0.3) is 12.4 Å². The molecule has 1 amide bonds. The number of phenols is 1. The molecule has 5 rings (SSSR count). The lowest BCUT2D eigenvalue weighted by Crippen LogP contribution is -2.42. The highest BCUT2D eigenvalue weighted by atomic mass is 19.1. The van der Waals surface area contributed by atoms with E-state index in [4.69, 9.17) is 24.3 Å². The van der Waals surface area contributed by atoms with E-state index >= 15 is 0 Å². The summed E-state index contributed by atoms with van der Waals surface area (Å²) in [5, 5.41) is 49.1. The number of aromatic hydroxyl groups is 1. The number of hydroxylamine groups is 1. The van der Waals surface area contributed by atoms with Gasteiger partial charge < -0.3 is 29.6 Å². The summed E-state index contributed by atoms with van der Waals surface area (Å²) < 4.78 is 25.7. The number of carbonyl (C=O) groups is 2. The van der Waals surface area contributed by atoms with Crippen LogP contribution in [0.25, 0.3) is 28.3 Å². The fourth-order valence-electron chi connectivity index (χ4n) is 5.30. The lowest BCUT2D eigenvalue weighted by Gasteiger charge is -2.34. The van der Waals surface area contributed by atoms with Crippen LogP contribution in [0.15, 0.2) is 65.2 Å². The molecule has 0 aliphatic carbocycles. The lowest BCUT2D eigenvalue weighted by molar-refractivity contribution is -0.124. The van der Waals surface area contributed by atoms with Crippen molar-refractivity contribution in [3.8, 4) is 45.9 Å². The van der Waals surface area contributed by atoms with Crippen LogP contribution in [0.1, 0.15) is 35.5 Å². The summed E-state index contributed by atoms with van der Waals surface area (Å²) in [5.41, 5.74) is 3.57. The first-order valence-electron chi connectivity index (χ1n) is 14.5. The number of nitriles is 2. The summed E-state index contributed by atoms with van der Waals surface area (Å²) in [7, 11) is 1.44. The molecule has 0 atom stereocenters. The van der Waals surface area contributed by atoms with Crippen molar-refractivity contribution in [3.05, 3.63) is 89.3 Å². The van der Waals surface area contributed by atoms with Gasteiger partial charge in [-0.15, -0.1) is 0 Å². The number of anilines is 1. The number of furan rings is 1. The zero-order chi connectivity index (χ0) is 34.6. The van der Waals surface area contributed by atoms with Crippen LogP contribution in [0.2, 0.25) is 0 Å². The van der Waals surface area contributed by atoms with E-state index in [0.717, 1.165) is 18.9 Å². The Morgan fingerprint density at radius 3 is 2.50 bits per heavy atom. The fourth-order valence-corrected chi connectivity index (χ4v) is 5.30. The first-order chi connectivity index (χ1) is 23.3. The molecule has 0 radical (unpaired) electrons. The molecule has 13 nitrogen and oxygen atoms in total. The molecule has 2 aromatic carbocycles. The Morgan fingerprint density at radius 1 is 1.15 bits per heavy atom. The van der Waals surface area contributed by atoms with Crippen molar-refractivity contribution in [1.82, 2.24) is 15.8 Å². The molecule has 246 valence electrons. The summed E-state index contributed by atoms with van der Waals surface area (Å²) in [4.78, 5) is 26.2. The van der Waals surface area contributed by atoms with Crippen molar-refractivity contribution in [3.63, 3.8) is 0 Å². The van der Waals surface area contributed by atoms with Gasteiger partial charge >= 0.3 is 0 Å². The Labute approximate surface area is 274 Å². The van der Waals surface area contributed by atoms with Gasteiger partial charge in [-0.25, -0.2) is 14.9 Å². The monoisotopic (exact) mass is 654 g/mol. The van der Waals surface area contributed by atoms with E-state index in [0.29, 0.717) is 59.2 Å². The predicted octanol–water partition coefficient (Wildman–Crippen LogP) is 4.58. The number of aromatic nitrogens is 1. The molecule has 0 spiro atoms. The topological polar surface area (TPSA) is 205 Å². The smallest absolute Gasteiger partial charge is 0.290 e. The van der Waals surface area contributed by atoms with Crippen LogP contribution < -0.4 is 20.4 Å². The number of carbonyl (C=O) groups excluding carboxylic acids is 1. The molecule has 0 unspecified atom stereocenters. The Kier molecular flexibility index (Phi) is 11.8. The van der Waals surface area contributed by atoms with Crippen LogP contribution in [0.3, 0.4) is 0 Å². The van der Waals surface area contributed by atoms with E-state index in [-0.39, 0.29) is 35.1 Å². The van der Waals surface area contributed by atoms with Gasteiger partial charge in [0, 0.05) is 42.5 Å². The van der Waals surface area contributed by atoms with Gasteiger partial charge in [-0.2, -0.15) is 10.5 Å². The SMILES string of the molecule is COc1ccc(-c2cnc(N3CCC(NCc4ccc(/C=C/C(=O)NO)o4)CC3)c(C#N)c2-c2ccc(C#N)c(F)c2)cc1O.O=CO. The maximum absolute atomic E-state index is 14.8. The van der Waals surface area contributed by atoms with E-state index in [2.05, 4.69) is 16.4 Å². The first kappa shape index (κ1) is 34.6. The summed E-state index contributed by atoms with van der Waals surface area (Å²) in [6.07, 6.45) is 5.74. The van der Waals surface area contributed by atoms with E-state index in [9.17, 15) is 24.8 Å². The number of nitrogens with one attached hydrogen (secondary N) is 2. The lowest BCUT2D eigenvalue weighted by atomic mass is 9.91. The molecule has 0 bridgehead atoms. The number of halogens is 1. The minimum Gasteiger partial charge on any atom is -0.504 e. The highest BCUT2D eigenvalue weighted by Crippen LogP contribution is 2.41. The largest absolute Gasteiger partial charge is 0.504 e. The molecule has 1 aliphatic rings. The standard InChI is InChI=1S/C33H29FN6O5.CH2O2/c1-44-30-8-4-20(15-29(30)41)27-19-38-33(26(17-36)32(27)21-2-3-22(16-35)28(34)14-21)40-12-10-23(11-13-40)37-18-25-6-5-24(45-25)7-9-31(42)39-43;2-1-3/h2-9,14-15,19,23,37,41,43H,10-13,18H2,1H3,(H,39,42);1H,(H,2,3)/b9-7+;. The molecule has 4 aromatic rings. The molecule has 2 aromatic heterocycles. The first-order valence-corrected chi connectivity index (χ1v) is 14.5. The van der Waals surface area contributed by atoms with Gasteiger partial charge in [-0.05, 0) is 66.4 Å². The molecular weight excluding hydrogens is 623 g/mol. The second-order valence-corrected chi connectivity index (χ2v) is 10.4. The van der Waals surface area contributed by atoms with Crippen LogP contribution in [-0.4, -0.2) is 59.0 Å². The number of phenolic OH excluding ortho intramolecular Hbond substituents is 1. The summed E-state index contributed by atoms with van der Waals surface area (Å²) in [6.45, 7) is 1.43. The number of carboxylic acid groups (broad SMARTS) is 1. The number of pyridine rings is 1. The minimum absolute atomic E-state index is 0.0968. The van der Waals surface area contributed by atoms with Crippen molar-refractivity contribution >= 4 is 24.3 Å². The van der Waals surface area contributed by atoms with E-state index in [1.54, 1.807) is 36.5 Å². The van der Waals surface area contributed by atoms with Crippen molar-refractivity contribution < 1.29 is 38.6 Å². The summed E-state index contributed by atoms with van der Waals surface area (Å²) in [6, 6.07) is 16.8. The van der Waals surface area contributed by atoms with Crippen LogP contribution in [0.5, 0.6) is 11.5 Å². The number of rotatable bonds is 9. The van der Waals surface area contributed by atoms with Crippen molar-refractivity contribution in [2.45, 2.75) is 25.4 Å². The fraction of sp³-hybridized carbons (Fsp3) is 0.206. The van der Waals surface area contributed by atoms with E-state index in [1.807, 2.05) is 11.0 Å². The molecule has 1 saturated heterocycles. The third-order valence-electron chi connectivity index (χ3n) is 7.59. The third kappa shape index (κ3) is 8.13. The maximum atomic E-state index is 14.8. The molecule has 3 heterocycles. The third-order valence-corrected chi connectivity index (χ3v) is 7.59. The number of nitrogens with zero attached hydrogens (tertiary/aromatic N) is 4. The van der Waals surface area contributed by atoms with Crippen molar-refractivity contribution in [2.24, 2.45) is 0 Å². The maximum Gasteiger partial charge on any atom is 0.290 e. The average Bonchev–Trinajstić information content (AvgIpc) is 3.57. The highest BCUT2D eigenvalue weighted by molar-refractivity contribution is 5.91.